The number of imide groups is 1. The Morgan fingerprint density at radius 2 is 1.52 bits per heavy atom. The summed E-state index contributed by atoms with van der Waals surface area (Å²) in [6.45, 7) is 5.14. The Labute approximate surface area is 313 Å². The summed E-state index contributed by atoms with van der Waals surface area (Å²) in [5.74, 6) is -5.05. The number of carbonyl (C=O) groups is 6. The van der Waals surface area contributed by atoms with E-state index >= 15 is 0 Å². The maximum atomic E-state index is 14.6. The molecule has 0 spiro atoms. The lowest BCUT2D eigenvalue weighted by Gasteiger charge is -2.29. The molecule has 3 rings (SSSR count). The maximum absolute atomic E-state index is 14.6. The van der Waals surface area contributed by atoms with Crippen LogP contribution < -0.4 is 42.4 Å². The van der Waals surface area contributed by atoms with Crippen molar-refractivity contribution in [1.29, 1.82) is 5.41 Å². The van der Waals surface area contributed by atoms with Crippen molar-refractivity contribution in [2.45, 2.75) is 77.0 Å². The third-order valence-corrected chi connectivity index (χ3v) is 8.92. The van der Waals surface area contributed by atoms with Crippen LogP contribution in [0.2, 0.25) is 0 Å². The average Bonchev–Trinajstić information content (AvgIpc) is 3.16. The van der Waals surface area contributed by atoms with Gasteiger partial charge in [-0.05, 0) is 55.7 Å². The summed E-state index contributed by atoms with van der Waals surface area (Å²) in [7, 11) is 1.47. The van der Waals surface area contributed by atoms with E-state index in [2.05, 4.69) is 21.3 Å². The molecule has 3 aromatic carbocycles. The zero-order valence-electron chi connectivity index (χ0n) is 30.9. The molecule has 0 aliphatic rings. The highest BCUT2D eigenvalue weighted by atomic mass is 16.5. The van der Waals surface area contributed by atoms with Crippen LogP contribution in [0.15, 0.2) is 66.7 Å². The number of hydrogen-bond acceptors (Lipinski definition) is 9. The third-order valence-electron chi connectivity index (χ3n) is 8.92. The van der Waals surface area contributed by atoms with Gasteiger partial charge in [0.25, 0.3) is 11.8 Å². The van der Waals surface area contributed by atoms with Crippen molar-refractivity contribution in [3.05, 3.63) is 72.3 Å². The van der Waals surface area contributed by atoms with Crippen molar-refractivity contribution >= 4 is 57.9 Å². The molecule has 0 radical (unpaired) electrons. The molecule has 0 saturated heterocycles. The number of carboxylic acids is 1. The number of nitrogens with one attached hydrogen (secondary N) is 5. The van der Waals surface area contributed by atoms with E-state index in [4.69, 9.17) is 21.6 Å². The van der Waals surface area contributed by atoms with Gasteiger partial charge < -0.3 is 42.6 Å². The Bertz CT molecular complexity index is 1820. The van der Waals surface area contributed by atoms with E-state index in [1.165, 1.54) is 14.0 Å². The zero-order valence-corrected chi connectivity index (χ0v) is 30.9. The van der Waals surface area contributed by atoms with Gasteiger partial charge in [0.1, 0.15) is 23.9 Å². The molecule has 0 unspecified atom stereocenters. The van der Waals surface area contributed by atoms with Crippen molar-refractivity contribution in [3.8, 4) is 5.75 Å². The Balaban J connectivity index is 1.96. The minimum Gasteiger partial charge on any atom is -0.496 e. The lowest BCUT2D eigenvalue weighted by molar-refractivity contribution is -0.138. The summed E-state index contributed by atoms with van der Waals surface area (Å²) in [6.07, 6.45) is 0.0771. The van der Waals surface area contributed by atoms with E-state index in [1.54, 1.807) is 61.5 Å². The molecule has 290 valence electrons. The highest BCUT2D eigenvalue weighted by Gasteiger charge is 2.34. The van der Waals surface area contributed by atoms with E-state index in [0.29, 0.717) is 17.6 Å². The van der Waals surface area contributed by atoms with Gasteiger partial charge in [-0.25, -0.2) is 4.90 Å². The molecule has 0 heterocycles. The van der Waals surface area contributed by atoms with Gasteiger partial charge in [0.05, 0.1) is 18.8 Å². The van der Waals surface area contributed by atoms with Crippen molar-refractivity contribution in [1.82, 2.24) is 21.3 Å². The van der Waals surface area contributed by atoms with Crippen molar-refractivity contribution in [2.75, 3.05) is 18.6 Å². The second kappa shape index (κ2) is 20.3. The number of benzene rings is 3. The van der Waals surface area contributed by atoms with Crippen molar-refractivity contribution < 1.29 is 38.6 Å². The number of rotatable bonds is 19. The first-order chi connectivity index (χ1) is 25.7. The van der Waals surface area contributed by atoms with Gasteiger partial charge >= 0.3 is 5.97 Å². The molecule has 0 bridgehead atoms. The smallest absolute Gasteiger partial charge is 0.303 e. The number of aliphatic carboxylic acids is 1. The monoisotopic (exact) mass is 746 g/mol. The molecule has 3 aromatic rings. The lowest BCUT2D eigenvalue weighted by Crippen LogP contribution is -2.58. The summed E-state index contributed by atoms with van der Waals surface area (Å²) in [5, 5.41) is 28.5. The van der Waals surface area contributed by atoms with Crippen LogP contribution >= 0.6 is 0 Å². The number of nitrogens with two attached hydrogens (primary N) is 2. The second-order valence-corrected chi connectivity index (χ2v) is 12.9. The second-order valence-electron chi connectivity index (χ2n) is 12.9. The van der Waals surface area contributed by atoms with Crippen LogP contribution in [-0.4, -0.2) is 84.4 Å². The molecule has 0 fully saturated rings. The number of fused-ring (bicyclic) bond motifs is 1. The predicted octanol–water partition coefficient (Wildman–Crippen LogP) is 2.00. The third kappa shape index (κ3) is 11.7. The van der Waals surface area contributed by atoms with Crippen LogP contribution in [0, 0.1) is 11.3 Å². The molecular formula is C38H50N8O8. The molecule has 0 aliphatic carbocycles. The van der Waals surface area contributed by atoms with Crippen LogP contribution in [0.5, 0.6) is 5.75 Å². The summed E-state index contributed by atoms with van der Waals surface area (Å²) >= 11 is 0. The van der Waals surface area contributed by atoms with Gasteiger partial charge in [-0.3, -0.25) is 34.2 Å². The maximum Gasteiger partial charge on any atom is 0.303 e. The highest BCUT2D eigenvalue weighted by molar-refractivity contribution is 6.23. The van der Waals surface area contributed by atoms with Crippen LogP contribution in [0.25, 0.3) is 10.8 Å². The van der Waals surface area contributed by atoms with Gasteiger partial charge in [-0.2, -0.15) is 0 Å². The SMILES string of the molecule is CC[C@H](C)[C@H](N)C(=O)N[C@@H](CCC(=O)O)C(=O)N[C@@H](C)C(=O)N[C@@H](CCCNC(=N)N)C(=O)N(C(=O)c1ccccc1)c1cc(OC)c2ccccc2c1. The van der Waals surface area contributed by atoms with E-state index in [0.717, 1.165) is 10.3 Å². The average molecular weight is 747 g/mol. The summed E-state index contributed by atoms with van der Waals surface area (Å²) in [5.41, 5.74) is 11.8. The lowest BCUT2D eigenvalue weighted by atomic mass is 9.98. The molecule has 16 heteroatoms. The largest absolute Gasteiger partial charge is 0.496 e. The molecule has 0 saturated carbocycles. The minimum absolute atomic E-state index is 0.0143. The summed E-state index contributed by atoms with van der Waals surface area (Å²) in [4.78, 5) is 80.9. The first kappa shape index (κ1) is 42.4. The van der Waals surface area contributed by atoms with Gasteiger partial charge in [-0.15, -0.1) is 0 Å². The fraction of sp³-hybridized carbons (Fsp3) is 0.395. The van der Waals surface area contributed by atoms with E-state index in [9.17, 15) is 33.9 Å². The molecule has 54 heavy (non-hydrogen) atoms. The van der Waals surface area contributed by atoms with Crippen LogP contribution in [0.3, 0.4) is 0 Å². The Morgan fingerprint density at radius 3 is 2.15 bits per heavy atom. The number of carboxylic acid groups (broad SMARTS) is 1. The Morgan fingerprint density at radius 1 is 0.870 bits per heavy atom. The fourth-order valence-corrected chi connectivity index (χ4v) is 5.55. The normalized spacial score (nSPS) is 13.6. The van der Waals surface area contributed by atoms with Gasteiger partial charge in [0.15, 0.2) is 5.96 Å². The number of amides is 5. The first-order valence-electron chi connectivity index (χ1n) is 17.6. The van der Waals surface area contributed by atoms with Gasteiger partial charge in [-0.1, -0.05) is 62.7 Å². The Kier molecular flexibility index (Phi) is 15.9. The first-order valence-corrected chi connectivity index (χ1v) is 17.6. The van der Waals surface area contributed by atoms with E-state index in [1.807, 2.05) is 19.1 Å². The number of carbonyl (C=O) groups excluding carboxylic acids is 5. The number of methoxy groups -OCH3 is 1. The van der Waals surface area contributed by atoms with E-state index in [-0.39, 0.29) is 48.9 Å². The molecule has 0 aromatic heterocycles. The van der Waals surface area contributed by atoms with Gasteiger partial charge in [0.2, 0.25) is 17.7 Å². The highest BCUT2D eigenvalue weighted by Crippen LogP contribution is 2.33. The standard InChI is InChI=1S/C38H50N8O8/c1-5-22(2)32(39)35(51)44-28(17-18-31(47)48)34(50)43-23(3)33(49)45-29(16-11-19-42-38(40)41)37(53)46(36(52)24-12-7-6-8-13-24)26-20-25-14-9-10-15-27(25)30(21-26)54-4/h6-10,12-15,20-23,28-29,32H,5,11,16-19,39H2,1-4H3,(H,43,50)(H,44,51)(H,45,49)(H,47,48)(H4,40,41,42)/t22-,23-,28-,29-,32-/m0/s1. The van der Waals surface area contributed by atoms with E-state index < -0.39 is 66.1 Å². The van der Waals surface area contributed by atoms with Crippen LogP contribution in [0.4, 0.5) is 5.69 Å². The number of anilines is 1. The molecular weight excluding hydrogens is 696 g/mol. The molecule has 5 atom stereocenters. The predicted molar refractivity (Wildman–Crippen MR) is 204 cm³/mol. The Hall–Kier alpha value is -6.03. The number of guanidine groups is 1. The van der Waals surface area contributed by atoms with Crippen LogP contribution in [-0.2, 0) is 24.0 Å². The minimum atomic E-state index is -1.33. The summed E-state index contributed by atoms with van der Waals surface area (Å²) < 4.78 is 5.62. The van der Waals surface area contributed by atoms with Crippen molar-refractivity contribution in [3.63, 3.8) is 0 Å². The number of ether oxygens (including phenoxy) is 1. The quantitative estimate of drug-likeness (QED) is 0.0500. The van der Waals surface area contributed by atoms with Crippen LogP contribution in [0.1, 0.15) is 63.2 Å². The van der Waals surface area contributed by atoms with Gasteiger partial charge in [0, 0.05) is 30.0 Å². The zero-order chi connectivity index (χ0) is 39.9. The molecule has 10 N–H and O–H groups in total. The molecule has 0 aliphatic heterocycles. The number of nitrogens with zero attached hydrogens (tertiary/aromatic N) is 1. The number of hydrogen-bond donors (Lipinski definition) is 8. The van der Waals surface area contributed by atoms with Crippen molar-refractivity contribution in [2.24, 2.45) is 17.4 Å². The molecule has 16 nitrogen and oxygen atoms in total. The fourth-order valence-electron chi connectivity index (χ4n) is 5.55. The summed E-state index contributed by atoms with van der Waals surface area (Å²) in [6, 6.07) is 13.7. The topological polar surface area (TPSA) is 259 Å². The molecule has 5 amide bonds.